The molecule has 1 fully saturated rings. The lowest BCUT2D eigenvalue weighted by atomic mass is 10.0. The normalized spacial score (nSPS) is 22.2. The highest BCUT2D eigenvalue weighted by Crippen LogP contribution is 2.14. The zero-order valence-electron chi connectivity index (χ0n) is 10.4. The SMILES string of the molecule is C/C=C/CCN=C(N)N1CCCC(C)C1.I. The van der Waals surface area contributed by atoms with E-state index in [1.807, 2.05) is 6.92 Å². The average Bonchev–Trinajstić information content (AvgIpc) is 2.24. The first kappa shape index (κ1) is 15.7. The van der Waals surface area contributed by atoms with E-state index < -0.39 is 0 Å². The Labute approximate surface area is 116 Å². The molecular formula is C12H24IN3. The van der Waals surface area contributed by atoms with E-state index in [0.29, 0.717) is 0 Å². The van der Waals surface area contributed by atoms with Gasteiger partial charge in [0.05, 0.1) is 0 Å². The van der Waals surface area contributed by atoms with Crippen molar-refractivity contribution in [3.63, 3.8) is 0 Å². The van der Waals surface area contributed by atoms with Crippen LogP contribution in [0.3, 0.4) is 0 Å². The third-order valence-electron chi connectivity index (χ3n) is 2.79. The molecule has 4 heteroatoms. The van der Waals surface area contributed by atoms with Crippen molar-refractivity contribution in [3.05, 3.63) is 12.2 Å². The van der Waals surface area contributed by atoms with E-state index in [4.69, 9.17) is 5.73 Å². The number of guanidine groups is 1. The number of hydrogen-bond acceptors (Lipinski definition) is 1. The summed E-state index contributed by atoms with van der Waals surface area (Å²) in [7, 11) is 0. The summed E-state index contributed by atoms with van der Waals surface area (Å²) in [6.07, 6.45) is 7.72. The molecule has 2 N–H and O–H groups in total. The van der Waals surface area contributed by atoms with Crippen molar-refractivity contribution in [1.82, 2.24) is 4.90 Å². The Kier molecular flexibility index (Phi) is 8.70. The number of halogens is 1. The van der Waals surface area contributed by atoms with Gasteiger partial charge in [-0.15, -0.1) is 24.0 Å². The minimum absolute atomic E-state index is 0. The van der Waals surface area contributed by atoms with Crippen molar-refractivity contribution in [2.45, 2.75) is 33.1 Å². The van der Waals surface area contributed by atoms with Crippen LogP contribution in [0.15, 0.2) is 17.1 Å². The molecule has 1 aliphatic rings. The molecule has 0 aromatic rings. The van der Waals surface area contributed by atoms with Crippen LogP contribution in [0, 0.1) is 5.92 Å². The van der Waals surface area contributed by atoms with E-state index in [2.05, 4.69) is 29.0 Å². The predicted molar refractivity (Wildman–Crippen MR) is 81.3 cm³/mol. The van der Waals surface area contributed by atoms with Crippen molar-refractivity contribution in [2.75, 3.05) is 19.6 Å². The molecule has 0 radical (unpaired) electrons. The Morgan fingerprint density at radius 2 is 2.31 bits per heavy atom. The molecule has 1 aliphatic heterocycles. The first-order chi connectivity index (χ1) is 7.24. The van der Waals surface area contributed by atoms with Gasteiger partial charge in [-0.1, -0.05) is 19.1 Å². The van der Waals surface area contributed by atoms with Crippen molar-refractivity contribution < 1.29 is 0 Å². The number of allylic oxidation sites excluding steroid dienone is 1. The number of hydrogen-bond donors (Lipinski definition) is 1. The lowest BCUT2D eigenvalue weighted by Gasteiger charge is -2.31. The van der Waals surface area contributed by atoms with E-state index in [9.17, 15) is 0 Å². The van der Waals surface area contributed by atoms with E-state index in [1.54, 1.807) is 0 Å². The van der Waals surface area contributed by atoms with Gasteiger partial charge in [-0.2, -0.15) is 0 Å². The van der Waals surface area contributed by atoms with Crippen LogP contribution in [0.5, 0.6) is 0 Å². The lowest BCUT2D eigenvalue weighted by molar-refractivity contribution is 0.270. The second kappa shape index (κ2) is 8.84. The Balaban J connectivity index is 0.00000225. The zero-order valence-corrected chi connectivity index (χ0v) is 12.7. The molecule has 16 heavy (non-hydrogen) atoms. The molecule has 0 amide bonds. The highest BCUT2D eigenvalue weighted by molar-refractivity contribution is 14.0. The first-order valence-corrected chi connectivity index (χ1v) is 5.90. The zero-order chi connectivity index (χ0) is 11.1. The fourth-order valence-electron chi connectivity index (χ4n) is 1.92. The monoisotopic (exact) mass is 337 g/mol. The Morgan fingerprint density at radius 3 is 2.94 bits per heavy atom. The molecule has 3 nitrogen and oxygen atoms in total. The van der Waals surface area contributed by atoms with Gasteiger partial charge in [0.15, 0.2) is 5.96 Å². The number of nitrogens with two attached hydrogens (primary N) is 1. The number of rotatable bonds is 3. The Bertz CT molecular complexity index is 238. The van der Waals surface area contributed by atoms with Gasteiger partial charge in [-0.05, 0) is 32.1 Å². The summed E-state index contributed by atoms with van der Waals surface area (Å²) < 4.78 is 0. The molecule has 0 aliphatic carbocycles. The van der Waals surface area contributed by atoms with E-state index in [0.717, 1.165) is 37.9 Å². The fraction of sp³-hybridized carbons (Fsp3) is 0.750. The maximum absolute atomic E-state index is 5.94. The maximum atomic E-state index is 5.94. The molecule has 1 unspecified atom stereocenters. The van der Waals surface area contributed by atoms with Crippen LogP contribution in [-0.2, 0) is 0 Å². The molecule has 0 spiro atoms. The minimum atomic E-state index is 0. The summed E-state index contributed by atoms with van der Waals surface area (Å²) in [5, 5.41) is 0. The summed E-state index contributed by atoms with van der Waals surface area (Å²) >= 11 is 0. The Hall–Kier alpha value is -0.260. The average molecular weight is 337 g/mol. The number of nitrogens with zero attached hydrogens (tertiary/aromatic N) is 2. The molecule has 0 aromatic heterocycles. The predicted octanol–water partition coefficient (Wildman–Crippen LogP) is 2.62. The third-order valence-corrected chi connectivity index (χ3v) is 2.79. The van der Waals surface area contributed by atoms with E-state index in [1.165, 1.54) is 12.8 Å². The van der Waals surface area contributed by atoms with Crippen LogP contribution in [0.2, 0.25) is 0 Å². The lowest BCUT2D eigenvalue weighted by Crippen LogP contribution is -2.43. The minimum Gasteiger partial charge on any atom is -0.370 e. The van der Waals surface area contributed by atoms with E-state index >= 15 is 0 Å². The van der Waals surface area contributed by atoms with Crippen molar-refractivity contribution in [1.29, 1.82) is 0 Å². The summed E-state index contributed by atoms with van der Waals surface area (Å²) in [5.41, 5.74) is 5.94. The second-order valence-corrected chi connectivity index (χ2v) is 4.29. The molecule has 1 heterocycles. The van der Waals surface area contributed by atoms with Crippen molar-refractivity contribution in [3.8, 4) is 0 Å². The van der Waals surface area contributed by atoms with Crippen LogP contribution in [-0.4, -0.2) is 30.5 Å². The van der Waals surface area contributed by atoms with Gasteiger partial charge in [0.1, 0.15) is 0 Å². The van der Waals surface area contributed by atoms with Crippen molar-refractivity contribution in [2.24, 2.45) is 16.6 Å². The topological polar surface area (TPSA) is 41.6 Å². The third kappa shape index (κ3) is 5.72. The van der Waals surface area contributed by atoms with Crippen LogP contribution >= 0.6 is 24.0 Å². The molecule has 0 saturated carbocycles. The molecule has 1 atom stereocenters. The van der Waals surface area contributed by atoms with E-state index in [-0.39, 0.29) is 24.0 Å². The maximum Gasteiger partial charge on any atom is 0.191 e. The fourth-order valence-corrected chi connectivity index (χ4v) is 1.92. The molecule has 0 bridgehead atoms. The number of likely N-dealkylation sites (tertiary alicyclic amines) is 1. The Morgan fingerprint density at radius 1 is 1.56 bits per heavy atom. The van der Waals surface area contributed by atoms with Crippen LogP contribution in [0.1, 0.15) is 33.1 Å². The molecule has 0 aromatic carbocycles. The smallest absolute Gasteiger partial charge is 0.191 e. The first-order valence-electron chi connectivity index (χ1n) is 5.90. The van der Waals surface area contributed by atoms with Crippen LogP contribution in [0.25, 0.3) is 0 Å². The highest BCUT2D eigenvalue weighted by atomic mass is 127. The van der Waals surface area contributed by atoms with Gasteiger partial charge >= 0.3 is 0 Å². The molecule has 94 valence electrons. The van der Waals surface area contributed by atoms with Crippen molar-refractivity contribution >= 4 is 29.9 Å². The highest BCUT2D eigenvalue weighted by Gasteiger charge is 2.17. The molecule has 1 rings (SSSR count). The largest absolute Gasteiger partial charge is 0.370 e. The second-order valence-electron chi connectivity index (χ2n) is 4.29. The summed E-state index contributed by atoms with van der Waals surface area (Å²) in [5.74, 6) is 1.48. The standard InChI is InChI=1S/C12H23N3.HI/c1-3-4-5-8-14-12(13)15-9-6-7-11(2)10-15;/h3-4,11H,5-10H2,1-2H3,(H2,13,14);1H/b4-3+;. The van der Waals surface area contributed by atoms with Crippen LogP contribution < -0.4 is 5.73 Å². The van der Waals surface area contributed by atoms with Gasteiger partial charge in [0, 0.05) is 19.6 Å². The molecular weight excluding hydrogens is 313 g/mol. The van der Waals surface area contributed by atoms with Gasteiger partial charge in [0.2, 0.25) is 0 Å². The summed E-state index contributed by atoms with van der Waals surface area (Å²) in [6, 6.07) is 0. The van der Waals surface area contributed by atoms with Gasteiger partial charge in [0.25, 0.3) is 0 Å². The number of piperidine rings is 1. The molecule has 1 saturated heterocycles. The summed E-state index contributed by atoms with van der Waals surface area (Å²) in [6.45, 7) is 7.25. The summed E-state index contributed by atoms with van der Waals surface area (Å²) in [4.78, 5) is 6.60. The van der Waals surface area contributed by atoms with Gasteiger partial charge in [-0.25, -0.2) is 0 Å². The van der Waals surface area contributed by atoms with Crippen LogP contribution in [0.4, 0.5) is 0 Å². The quantitative estimate of drug-likeness (QED) is 0.283. The number of aliphatic imine (C=N–C) groups is 1. The van der Waals surface area contributed by atoms with Gasteiger partial charge in [-0.3, -0.25) is 4.99 Å². The van der Waals surface area contributed by atoms with Gasteiger partial charge < -0.3 is 10.6 Å².